The van der Waals surface area contributed by atoms with Crippen LogP contribution in [0.3, 0.4) is 0 Å². The van der Waals surface area contributed by atoms with Crippen molar-refractivity contribution in [2.24, 2.45) is 0 Å². The number of hydrogen-bond acceptors (Lipinski definition) is 1. The molecule has 2 heteroatoms. The molecule has 1 nitrogen and oxygen atoms in total. The zero-order chi connectivity index (χ0) is 14.7. The van der Waals surface area contributed by atoms with E-state index < -0.39 is 0 Å². The molecule has 0 saturated carbocycles. The van der Waals surface area contributed by atoms with Crippen LogP contribution in [0.15, 0.2) is 60.7 Å². The first-order chi connectivity index (χ1) is 10.3. The van der Waals surface area contributed by atoms with Gasteiger partial charge in [-0.15, -0.1) is 0 Å². The van der Waals surface area contributed by atoms with Crippen LogP contribution in [-0.2, 0) is 0 Å². The largest absolute Gasteiger partial charge is 0.308 e. The van der Waals surface area contributed by atoms with Gasteiger partial charge in [0.2, 0.25) is 0 Å². The molecule has 100 valence electrons. The van der Waals surface area contributed by atoms with Crippen LogP contribution in [0.5, 0.6) is 0 Å². The SMILES string of the molecule is N=Cc1ccc(C#Cc2ccc(Cl)cc2)c2ccccc12. The number of fused-ring (bicyclic) bond motifs is 1. The second-order valence-electron chi connectivity index (χ2n) is 4.65. The van der Waals surface area contributed by atoms with Crippen LogP contribution in [0.2, 0.25) is 5.02 Å². The fraction of sp³-hybridized carbons (Fsp3) is 0. The van der Waals surface area contributed by atoms with E-state index >= 15 is 0 Å². The van der Waals surface area contributed by atoms with Gasteiger partial charge >= 0.3 is 0 Å². The molecule has 0 aromatic heterocycles. The summed E-state index contributed by atoms with van der Waals surface area (Å²) in [6.45, 7) is 0. The first-order valence-electron chi connectivity index (χ1n) is 6.58. The number of halogens is 1. The Hall–Kier alpha value is -2.56. The van der Waals surface area contributed by atoms with Gasteiger partial charge < -0.3 is 5.41 Å². The van der Waals surface area contributed by atoms with Gasteiger partial charge in [-0.2, -0.15) is 0 Å². The zero-order valence-electron chi connectivity index (χ0n) is 11.2. The standard InChI is InChI=1S/C19H12ClN/c20-17-11-6-14(7-12-17)5-8-15-9-10-16(13-21)19-4-2-1-3-18(15)19/h1-4,6-7,9-13,21H. The van der Waals surface area contributed by atoms with Crippen molar-refractivity contribution in [3.05, 3.63) is 82.4 Å². The highest BCUT2D eigenvalue weighted by molar-refractivity contribution is 6.30. The summed E-state index contributed by atoms with van der Waals surface area (Å²) in [6, 6.07) is 19.4. The summed E-state index contributed by atoms with van der Waals surface area (Å²) >= 11 is 5.87. The summed E-state index contributed by atoms with van der Waals surface area (Å²) in [5.41, 5.74) is 2.80. The molecule has 21 heavy (non-hydrogen) atoms. The van der Waals surface area contributed by atoms with Crippen LogP contribution in [0.25, 0.3) is 10.8 Å². The van der Waals surface area contributed by atoms with Crippen LogP contribution in [0.1, 0.15) is 16.7 Å². The molecule has 0 fully saturated rings. The Morgan fingerprint density at radius 2 is 1.52 bits per heavy atom. The summed E-state index contributed by atoms with van der Waals surface area (Å²) in [6.07, 6.45) is 1.37. The number of nitrogens with one attached hydrogen (secondary N) is 1. The minimum absolute atomic E-state index is 0.710. The van der Waals surface area contributed by atoms with Gasteiger partial charge in [0.25, 0.3) is 0 Å². The van der Waals surface area contributed by atoms with E-state index in [-0.39, 0.29) is 0 Å². The lowest BCUT2D eigenvalue weighted by Crippen LogP contribution is -1.87. The van der Waals surface area contributed by atoms with E-state index in [2.05, 4.69) is 11.8 Å². The van der Waals surface area contributed by atoms with E-state index in [4.69, 9.17) is 17.0 Å². The van der Waals surface area contributed by atoms with Crippen LogP contribution in [0.4, 0.5) is 0 Å². The van der Waals surface area contributed by atoms with E-state index in [0.29, 0.717) is 5.02 Å². The lowest BCUT2D eigenvalue weighted by molar-refractivity contribution is 1.55. The third-order valence-corrected chi connectivity index (χ3v) is 3.55. The molecule has 0 aliphatic heterocycles. The van der Waals surface area contributed by atoms with Gasteiger partial charge in [0.05, 0.1) is 0 Å². The molecule has 0 aliphatic carbocycles. The van der Waals surface area contributed by atoms with Crippen LogP contribution < -0.4 is 0 Å². The second kappa shape index (κ2) is 5.83. The first kappa shape index (κ1) is 13.4. The molecular formula is C19H12ClN. The molecule has 0 heterocycles. The average molecular weight is 290 g/mol. The van der Waals surface area contributed by atoms with Crippen LogP contribution in [-0.4, -0.2) is 6.21 Å². The molecule has 3 rings (SSSR count). The lowest BCUT2D eigenvalue weighted by atomic mass is 10.00. The third kappa shape index (κ3) is 2.81. The Labute approximate surface area is 128 Å². The highest BCUT2D eigenvalue weighted by atomic mass is 35.5. The fourth-order valence-electron chi connectivity index (χ4n) is 2.23. The Kier molecular flexibility index (Phi) is 3.73. The van der Waals surface area contributed by atoms with Crippen molar-refractivity contribution >= 4 is 28.6 Å². The van der Waals surface area contributed by atoms with Gasteiger partial charge in [-0.1, -0.05) is 53.8 Å². The maximum absolute atomic E-state index is 7.48. The van der Waals surface area contributed by atoms with E-state index in [1.54, 1.807) is 0 Å². The molecule has 0 amide bonds. The van der Waals surface area contributed by atoms with Gasteiger partial charge in [-0.05, 0) is 46.7 Å². The monoisotopic (exact) mass is 289 g/mol. The van der Waals surface area contributed by atoms with Crippen molar-refractivity contribution in [1.29, 1.82) is 5.41 Å². The van der Waals surface area contributed by atoms with Crippen molar-refractivity contribution in [2.75, 3.05) is 0 Å². The highest BCUT2D eigenvalue weighted by Gasteiger charge is 2.02. The number of rotatable bonds is 1. The predicted molar refractivity (Wildman–Crippen MR) is 89.3 cm³/mol. The van der Waals surface area contributed by atoms with Gasteiger partial charge in [-0.3, -0.25) is 0 Å². The van der Waals surface area contributed by atoms with Crippen molar-refractivity contribution in [3.63, 3.8) is 0 Å². The summed E-state index contributed by atoms with van der Waals surface area (Å²) in [7, 11) is 0. The molecule has 0 spiro atoms. The topological polar surface area (TPSA) is 23.9 Å². The molecular weight excluding hydrogens is 278 g/mol. The van der Waals surface area contributed by atoms with Gasteiger partial charge in [-0.25, -0.2) is 0 Å². The zero-order valence-corrected chi connectivity index (χ0v) is 12.0. The van der Waals surface area contributed by atoms with Gasteiger partial charge in [0.15, 0.2) is 0 Å². The molecule has 3 aromatic rings. The Morgan fingerprint density at radius 3 is 2.24 bits per heavy atom. The number of hydrogen-bond donors (Lipinski definition) is 1. The van der Waals surface area contributed by atoms with Gasteiger partial charge in [0, 0.05) is 22.4 Å². The molecule has 0 bridgehead atoms. The van der Waals surface area contributed by atoms with Crippen molar-refractivity contribution in [1.82, 2.24) is 0 Å². The molecule has 0 atom stereocenters. The predicted octanol–water partition coefficient (Wildman–Crippen LogP) is 4.89. The van der Waals surface area contributed by atoms with E-state index in [1.807, 2.05) is 60.7 Å². The number of benzene rings is 3. The average Bonchev–Trinajstić information content (AvgIpc) is 2.54. The molecule has 0 saturated heterocycles. The summed E-state index contributed by atoms with van der Waals surface area (Å²) in [4.78, 5) is 0. The first-order valence-corrected chi connectivity index (χ1v) is 6.95. The second-order valence-corrected chi connectivity index (χ2v) is 5.09. The van der Waals surface area contributed by atoms with E-state index in [0.717, 1.165) is 27.5 Å². The molecule has 3 aromatic carbocycles. The minimum Gasteiger partial charge on any atom is -0.308 e. The van der Waals surface area contributed by atoms with Crippen molar-refractivity contribution in [2.45, 2.75) is 0 Å². The Morgan fingerprint density at radius 1 is 0.810 bits per heavy atom. The molecule has 0 unspecified atom stereocenters. The summed E-state index contributed by atoms with van der Waals surface area (Å²) in [5, 5.41) is 10.3. The highest BCUT2D eigenvalue weighted by Crippen LogP contribution is 2.21. The summed E-state index contributed by atoms with van der Waals surface area (Å²) in [5.74, 6) is 6.36. The quantitative estimate of drug-likeness (QED) is 0.487. The lowest BCUT2D eigenvalue weighted by Gasteiger charge is -2.03. The minimum atomic E-state index is 0.710. The normalized spacial score (nSPS) is 9.95. The van der Waals surface area contributed by atoms with E-state index in [9.17, 15) is 0 Å². The Balaban J connectivity index is 2.10. The smallest absolute Gasteiger partial charge is 0.0406 e. The van der Waals surface area contributed by atoms with Gasteiger partial charge in [0.1, 0.15) is 0 Å². The maximum Gasteiger partial charge on any atom is 0.0406 e. The van der Waals surface area contributed by atoms with Crippen LogP contribution >= 0.6 is 11.6 Å². The maximum atomic E-state index is 7.48. The molecule has 0 radical (unpaired) electrons. The fourth-order valence-corrected chi connectivity index (χ4v) is 2.36. The Bertz CT molecular complexity index is 867. The van der Waals surface area contributed by atoms with Crippen molar-refractivity contribution < 1.29 is 0 Å². The third-order valence-electron chi connectivity index (χ3n) is 3.30. The molecule has 1 N–H and O–H groups in total. The summed E-state index contributed by atoms with van der Waals surface area (Å²) < 4.78 is 0. The molecule has 0 aliphatic rings. The van der Waals surface area contributed by atoms with Crippen LogP contribution in [0, 0.1) is 17.3 Å². The van der Waals surface area contributed by atoms with E-state index in [1.165, 1.54) is 6.21 Å². The van der Waals surface area contributed by atoms with Crippen molar-refractivity contribution in [3.8, 4) is 11.8 Å².